The summed E-state index contributed by atoms with van der Waals surface area (Å²) in [5.74, 6) is 0. The topological polar surface area (TPSA) is 35.6 Å². The summed E-state index contributed by atoms with van der Waals surface area (Å²) < 4.78 is 0. The molecule has 4 nitrogen and oxygen atoms in total. The van der Waals surface area contributed by atoms with Gasteiger partial charge in [0.25, 0.3) is 0 Å². The molecule has 0 saturated carbocycles. The number of likely N-dealkylation sites (N-methyl/N-ethyl adjacent to an activating group) is 1. The van der Waals surface area contributed by atoms with E-state index in [1.54, 1.807) is 0 Å². The van der Waals surface area contributed by atoms with Gasteiger partial charge in [0, 0.05) is 32.2 Å². The van der Waals surface area contributed by atoms with Crippen LogP contribution in [0.2, 0.25) is 0 Å². The van der Waals surface area contributed by atoms with Gasteiger partial charge in [-0.25, -0.2) is 4.79 Å². The van der Waals surface area contributed by atoms with E-state index in [2.05, 4.69) is 36.3 Å². The van der Waals surface area contributed by atoms with E-state index in [1.165, 1.54) is 5.56 Å². The molecule has 104 valence electrons. The minimum Gasteiger partial charge on any atom is -0.338 e. The SMILES string of the molecule is CC1CN(C)CCN1C(=O)NCCc1ccccc1. The first-order chi connectivity index (χ1) is 9.16. The average Bonchev–Trinajstić information content (AvgIpc) is 2.39. The molecule has 1 fully saturated rings. The number of rotatable bonds is 3. The Morgan fingerprint density at radius 1 is 1.32 bits per heavy atom. The summed E-state index contributed by atoms with van der Waals surface area (Å²) in [5, 5.41) is 3.01. The molecular weight excluding hydrogens is 238 g/mol. The second kappa shape index (κ2) is 6.57. The summed E-state index contributed by atoms with van der Waals surface area (Å²) in [6, 6.07) is 10.6. The molecule has 1 saturated heterocycles. The summed E-state index contributed by atoms with van der Waals surface area (Å²) in [7, 11) is 2.10. The summed E-state index contributed by atoms with van der Waals surface area (Å²) in [6.45, 7) is 5.52. The molecule has 1 unspecified atom stereocenters. The molecule has 0 aromatic heterocycles. The fourth-order valence-corrected chi connectivity index (χ4v) is 2.50. The molecule has 1 atom stereocenters. The fraction of sp³-hybridized carbons (Fsp3) is 0.533. The van der Waals surface area contributed by atoms with Gasteiger partial charge in [-0.2, -0.15) is 0 Å². The molecule has 2 amide bonds. The number of nitrogens with one attached hydrogen (secondary N) is 1. The van der Waals surface area contributed by atoms with Gasteiger partial charge in [-0.3, -0.25) is 0 Å². The first kappa shape index (κ1) is 13.9. The Bertz CT molecular complexity index is 407. The lowest BCUT2D eigenvalue weighted by molar-refractivity contribution is 0.117. The van der Waals surface area contributed by atoms with Crippen LogP contribution in [-0.4, -0.2) is 55.1 Å². The highest BCUT2D eigenvalue weighted by molar-refractivity contribution is 5.74. The van der Waals surface area contributed by atoms with Crippen LogP contribution in [0.25, 0.3) is 0 Å². The number of carbonyl (C=O) groups is 1. The summed E-state index contributed by atoms with van der Waals surface area (Å²) >= 11 is 0. The zero-order valence-corrected chi connectivity index (χ0v) is 11.8. The van der Waals surface area contributed by atoms with E-state index in [-0.39, 0.29) is 12.1 Å². The van der Waals surface area contributed by atoms with Gasteiger partial charge in [-0.05, 0) is 26.0 Å². The van der Waals surface area contributed by atoms with E-state index in [4.69, 9.17) is 0 Å². The van der Waals surface area contributed by atoms with Gasteiger partial charge in [-0.15, -0.1) is 0 Å². The Morgan fingerprint density at radius 2 is 2.05 bits per heavy atom. The van der Waals surface area contributed by atoms with Gasteiger partial charge in [0.2, 0.25) is 0 Å². The van der Waals surface area contributed by atoms with Crippen molar-refractivity contribution in [2.24, 2.45) is 0 Å². The third-order valence-electron chi connectivity index (χ3n) is 3.62. The molecule has 1 aliphatic rings. The van der Waals surface area contributed by atoms with E-state index in [9.17, 15) is 4.79 Å². The fourth-order valence-electron chi connectivity index (χ4n) is 2.50. The van der Waals surface area contributed by atoms with Gasteiger partial charge in [0.1, 0.15) is 0 Å². The highest BCUT2D eigenvalue weighted by Gasteiger charge is 2.25. The Kier molecular flexibility index (Phi) is 4.80. The van der Waals surface area contributed by atoms with E-state index in [0.29, 0.717) is 6.54 Å². The minimum absolute atomic E-state index is 0.0662. The number of hydrogen-bond donors (Lipinski definition) is 1. The smallest absolute Gasteiger partial charge is 0.317 e. The average molecular weight is 261 g/mol. The highest BCUT2D eigenvalue weighted by atomic mass is 16.2. The van der Waals surface area contributed by atoms with E-state index in [1.807, 2.05) is 23.1 Å². The zero-order valence-electron chi connectivity index (χ0n) is 11.8. The van der Waals surface area contributed by atoms with Crippen LogP contribution in [0.5, 0.6) is 0 Å². The standard InChI is InChI=1S/C15H23N3O/c1-13-12-17(2)10-11-18(13)15(19)16-9-8-14-6-4-3-5-7-14/h3-7,13H,8-12H2,1-2H3,(H,16,19). The second-order valence-corrected chi connectivity index (χ2v) is 5.27. The van der Waals surface area contributed by atoms with Crippen molar-refractivity contribution >= 4 is 6.03 Å². The Morgan fingerprint density at radius 3 is 2.74 bits per heavy atom. The number of piperazine rings is 1. The van der Waals surface area contributed by atoms with Crippen LogP contribution in [0.1, 0.15) is 12.5 Å². The number of benzene rings is 1. The van der Waals surface area contributed by atoms with Crippen LogP contribution in [0, 0.1) is 0 Å². The predicted molar refractivity (Wildman–Crippen MR) is 77.2 cm³/mol. The minimum atomic E-state index is 0.0662. The van der Waals surface area contributed by atoms with Crippen molar-refractivity contribution in [3.63, 3.8) is 0 Å². The van der Waals surface area contributed by atoms with E-state index < -0.39 is 0 Å². The first-order valence-electron chi connectivity index (χ1n) is 6.94. The van der Waals surface area contributed by atoms with Crippen molar-refractivity contribution in [3.05, 3.63) is 35.9 Å². The lowest BCUT2D eigenvalue weighted by Gasteiger charge is -2.38. The molecule has 1 heterocycles. The van der Waals surface area contributed by atoms with Crippen LogP contribution in [-0.2, 0) is 6.42 Å². The maximum absolute atomic E-state index is 12.1. The summed E-state index contributed by atoms with van der Waals surface area (Å²) in [4.78, 5) is 16.3. The molecule has 2 rings (SSSR count). The number of hydrogen-bond acceptors (Lipinski definition) is 2. The number of nitrogens with zero attached hydrogens (tertiary/aromatic N) is 2. The van der Waals surface area contributed by atoms with E-state index in [0.717, 1.165) is 26.1 Å². The molecule has 4 heteroatoms. The maximum Gasteiger partial charge on any atom is 0.317 e. The third-order valence-corrected chi connectivity index (χ3v) is 3.62. The summed E-state index contributed by atoms with van der Waals surface area (Å²) in [5.41, 5.74) is 1.26. The van der Waals surface area contributed by atoms with Crippen LogP contribution in [0.15, 0.2) is 30.3 Å². The van der Waals surface area contributed by atoms with Crippen LogP contribution < -0.4 is 5.32 Å². The highest BCUT2D eigenvalue weighted by Crippen LogP contribution is 2.07. The van der Waals surface area contributed by atoms with Gasteiger partial charge in [0.15, 0.2) is 0 Å². The van der Waals surface area contributed by atoms with Crippen LogP contribution in [0.3, 0.4) is 0 Å². The quantitative estimate of drug-likeness (QED) is 0.896. The number of carbonyl (C=O) groups excluding carboxylic acids is 1. The van der Waals surface area contributed by atoms with Gasteiger partial charge in [-0.1, -0.05) is 30.3 Å². The molecule has 19 heavy (non-hydrogen) atoms. The number of urea groups is 1. The van der Waals surface area contributed by atoms with Crippen molar-refractivity contribution in [1.82, 2.24) is 15.1 Å². The Balaban J connectivity index is 1.75. The molecule has 1 aromatic rings. The largest absolute Gasteiger partial charge is 0.338 e. The van der Waals surface area contributed by atoms with E-state index >= 15 is 0 Å². The second-order valence-electron chi connectivity index (χ2n) is 5.27. The molecular formula is C15H23N3O. The zero-order chi connectivity index (χ0) is 13.7. The van der Waals surface area contributed by atoms with Gasteiger partial charge in [0.05, 0.1) is 0 Å². The van der Waals surface area contributed by atoms with Crippen molar-refractivity contribution in [3.8, 4) is 0 Å². The maximum atomic E-state index is 12.1. The van der Waals surface area contributed by atoms with Crippen molar-refractivity contribution in [1.29, 1.82) is 0 Å². The molecule has 0 aliphatic carbocycles. The lowest BCUT2D eigenvalue weighted by atomic mass is 10.1. The third kappa shape index (κ3) is 3.96. The van der Waals surface area contributed by atoms with Gasteiger partial charge < -0.3 is 15.1 Å². The van der Waals surface area contributed by atoms with Crippen LogP contribution >= 0.6 is 0 Å². The van der Waals surface area contributed by atoms with Crippen LogP contribution in [0.4, 0.5) is 4.79 Å². The van der Waals surface area contributed by atoms with Gasteiger partial charge >= 0.3 is 6.03 Å². The first-order valence-corrected chi connectivity index (χ1v) is 6.94. The normalized spacial score (nSPS) is 20.3. The molecule has 1 N–H and O–H groups in total. The molecule has 0 radical (unpaired) electrons. The molecule has 1 aliphatic heterocycles. The van der Waals surface area contributed by atoms with Crippen molar-refractivity contribution in [2.45, 2.75) is 19.4 Å². The Labute approximate surface area is 115 Å². The molecule has 1 aromatic carbocycles. The predicted octanol–water partition coefficient (Wildman–Crippen LogP) is 1.57. The molecule has 0 spiro atoms. The lowest BCUT2D eigenvalue weighted by Crippen LogP contribution is -2.55. The summed E-state index contributed by atoms with van der Waals surface area (Å²) in [6.07, 6.45) is 0.884. The Hall–Kier alpha value is -1.55. The monoisotopic (exact) mass is 261 g/mol. The van der Waals surface area contributed by atoms with Crippen molar-refractivity contribution < 1.29 is 4.79 Å². The number of amides is 2. The van der Waals surface area contributed by atoms with Crippen molar-refractivity contribution in [2.75, 3.05) is 33.2 Å². The molecule has 0 bridgehead atoms.